The average molecular weight is 453 g/mol. The molecule has 33 heavy (non-hydrogen) atoms. The highest BCUT2D eigenvalue weighted by Gasteiger charge is 2.53. The predicted octanol–water partition coefficient (Wildman–Crippen LogP) is 3.71. The fourth-order valence-corrected chi connectivity index (χ4v) is 5.62. The summed E-state index contributed by atoms with van der Waals surface area (Å²) >= 11 is 0. The van der Waals surface area contributed by atoms with Crippen LogP contribution in [0.3, 0.4) is 0 Å². The van der Waals surface area contributed by atoms with Crippen LogP contribution in [0.4, 0.5) is 14.6 Å². The van der Waals surface area contributed by atoms with Crippen molar-refractivity contribution < 1.29 is 13.9 Å². The van der Waals surface area contributed by atoms with Crippen molar-refractivity contribution in [3.63, 3.8) is 0 Å². The number of alkyl halides is 2. The third-order valence-electron chi connectivity index (χ3n) is 7.21. The number of nitrogens with one attached hydrogen (secondary N) is 1. The maximum absolute atomic E-state index is 14.3. The number of aryl methyl sites for hydroxylation is 1. The summed E-state index contributed by atoms with van der Waals surface area (Å²) < 4.78 is 30.2. The largest absolute Gasteiger partial charge is 0.507 e. The highest BCUT2D eigenvalue weighted by Crippen LogP contribution is 2.42. The first-order valence-corrected chi connectivity index (χ1v) is 11.6. The van der Waals surface area contributed by atoms with E-state index in [-0.39, 0.29) is 24.3 Å². The van der Waals surface area contributed by atoms with E-state index in [1.54, 1.807) is 16.9 Å². The lowest BCUT2D eigenvalue weighted by Crippen LogP contribution is -2.51. The van der Waals surface area contributed by atoms with E-state index in [9.17, 15) is 13.9 Å². The Morgan fingerprint density at radius 2 is 2.03 bits per heavy atom. The molecule has 9 heteroatoms. The van der Waals surface area contributed by atoms with Gasteiger partial charge in [0.05, 0.1) is 17.4 Å². The van der Waals surface area contributed by atoms with Gasteiger partial charge in [0.1, 0.15) is 5.75 Å². The van der Waals surface area contributed by atoms with Crippen LogP contribution in [0.1, 0.15) is 37.7 Å². The quantitative estimate of drug-likeness (QED) is 0.631. The summed E-state index contributed by atoms with van der Waals surface area (Å²) in [6.07, 6.45) is 7.39. The smallest absolute Gasteiger partial charge is 0.264 e. The Morgan fingerprint density at radius 1 is 1.12 bits per heavy atom. The third-order valence-corrected chi connectivity index (χ3v) is 7.21. The molecule has 0 unspecified atom stereocenters. The number of hydrogen-bond acceptors (Lipinski definition) is 6. The van der Waals surface area contributed by atoms with Crippen LogP contribution in [-0.2, 0) is 6.42 Å². The van der Waals surface area contributed by atoms with Crippen molar-refractivity contribution in [2.45, 2.75) is 62.6 Å². The Kier molecular flexibility index (Phi) is 4.83. The van der Waals surface area contributed by atoms with Gasteiger partial charge in [-0.05, 0) is 61.9 Å². The molecule has 3 atom stereocenters. The minimum absolute atomic E-state index is 0.0355. The maximum atomic E-state index is 14.3. The minimum Gasteiger partial charge on any atom is -0.507 e. The molecular weight excluding hydrogens is 426 g/mol. The number of anilines is 1. The molecule has 0 radical (unpaired) electrons. The molecule has 2 saturated heterocycles. The molecule has 7 nitrogen and oxygen atoms in total. The van der Waals surface area contributed by atoms with Crippen LogP contribution in [0.5, 0.6) is 5.75 Å². The standard InChI is InChI=1S/C24H26F2N6O/c25-24(26)14-16-11-18(13-22(24)28-16)31-8-2-1-4-15-10-20(29-30-23(15)31)19-6-5-17(12-21(19)33)32-9-3-7-27-32/h3,5-7,9-10,12,16,18,22,28,33H,1-2,4,8,11,13-14H2/t16-,18-,22-/m0/s1. The highest BCUT2D eigenvalue weighted by atomic mass is 19.3. The molecule has 2 N–H and O–H groups in total. The first-order valence-electron chi connectivity index (χ1n) is 11.6. The molecule has 2 fully saturated rings. The van der Waals surface area contributed by atoms with E-state index in [1.807, 2.05) is 30.5 Å². The highest BCUT2D eigenvalue weighted by molar-refractivity contribution is 5.70. The molecule has 0 aliphatic carbocycles. The van der Waals surface area contributed by atoms with Crippen LogP contribution in [0.2, 0.25) is 0 Å². The minimum atomic E-state index is -2.64. The number of fused-ring (bicyclic) bond motifs is 3. The summed E-state index contributed by atoms with van der Waals surface area (Å²) in [6, 6.07) is 8.31. The van der Waals surface area contributed by atoms with Crippen LogP contribution >= 0.6 is 0 Å². The number of piperidine rings is 1. The predicted molar refractivity (Wildman–Crippen MR) is 120 cm³/mol. The van der Waals surface area contributed by atoms with E-state index in [4.69, 9.17) is 0 Å². The fraction of sp³-hybridized carbons (Fsp3) is 0.458. The Bertz CT molecular complexity index is 1170. The molecule has 3 aromatic rings. The zero-order valence-corrected chi connectivity index (χ0v) is 18.2. The van der Waals surface area contributed by atoms with E-state index in [2.05, 4.69) is 25.5 Å². The van der Waals surface area contributed by atoms with E-state index in [0.29, 0.717) is 24.1 Å². The normalized spacial score (nSPS) is 26.1. The first-order chi connectivity index (χ1) is 16.0. The number of hydrogen-bond donors (Lipinski definition) is 2. The van der Waals surface area contributed by atoms with Crippen LogP contribution in [0, 0.1) is 0 Å². The second-order valence-electron chi connectivity index (χ2n) is 9.39. The van der Waals surface area contributed by atoms with Gasteiger partial charge in [-0.25, -0.2) is 13.5 Å². The van der Waals surface area contributed by atoms with E-state index < -0.39 is 12.0 Å². The van der Waals surface area contributed by atoms with Gasteiger partial charge in [-0.2, -0.15) is 5.10 Å². The number of benzene rings is 1. The SMILES string of the molecule is Oc1cc(-n2cccn2)ccc1-c1cc2c(nn1)N([C@H]1C[C@H]3CC(F)(F)[C@H](C1)N3)CCCC2. The van der Waals surface area contributed by atoms with Crippen molar-refractivity contribution in [3.8, 4) is 22.7 Å². The second kappa shape index (κ2) is 7.76. The van der Waals surface area contributed by atoms with Gasteiger partial charge in [0, 0.05) is 49.1 Å². The number of nitrogens with zero attached hydrogens (tertiary/aromatic N) is 5. The summed E-state index contributed by atoms with van der Waals surface area (Å²) in [5.41, 5.74) is 3.03. The van der Waals surface area contributed by atoms with E-state index >= 15 is 0 Å². The Balaban J connectivity index is 1.30. The van der Waals surface area contributed by atoms with Crippen molar-refractivity contribution in [2.75, 3.05) is 11.4 Å². The lowest BCUT2D eigenvalue weighted by atomic mass is 9.97. The van der Waals surface area contributed by atoms with Crippen molar-refractivity contribution in [1.29, 1.82) is 0 Å². The fourth-order valence-electron chi connectivity index (χ4n) is 5.62. The molecule has 172 valence electrons. The van der Waals surface area contributed by atoms with E-state index in [1.165, 1.54) is 0 Å². The molecular formula is C24H26F2N6O. The monoisotopic (exact) mass is 452 g/mol. The summed E-state index contributed by atoms with van der Waals surface area (Å²) in [6.45, 7) is 0.806. The number of phenols is 1. The number of aromatic nitrogens is 4. The topological polar surface area (TPSA) is 79.1 Å². The van der Waals surface area contributed by atoms with Crippen LogP contribution in [0.25, 0.3) is 16.9 Å². The molecule has 5 heterocycles. The Labute approximate surface area is 190 Å². The number of rotatable bonds is 3. The molecule has 0 spiro atoms. The number of aromatic hydroxyl groups is 1. The molecule has 0 saturated carbocycles. The summed E-state index contributed by atoms with van der Waals surface area (Å²) in [4.78, 5) is 2.21. The van der Waals surface area contributed by atoms with Gasteiger partial charge in [0.15, 0.2) is 5.82 Å². The van der Waals surface area contributed by atoms with Crippen LogP contribution in [-0.4, -0.2) is 55.7 Å². The molecule has 2 bridgehead atoms. The van der Waals surface area contributed by atoms with Crippen LogP contribution < -0.4 is 10.2 Å². The number of halogens is 2. The lowest BCUT2D eigenvalue weighted by molar-refractivity contribution is -0.0129. The van der Waals surface area contributed by atoms with Gasteiger partial charge < -0.3 is 15.3 Å². The van der Waals surface area contributed by atoms with Crippen LogP contribution in [0.15, 0.2) is 42.7 Å². The third kappa shape index (κ3) is 3.64. The molecule has 3 aliphatic rings. The van der Waals surface area contributed by atoms with Crippen molar-refractivity contribution in [2.24, 2.45) is 0 Å². The van der Waals surface area contributed by atoms with Gasteiger partial charge in [0.2, 0.25) is 0 Å². The summed E-state index contributed by atoms with van der Waals surface area (Å²) in [7, 11) is 0. The molecule has 3 aliphatic heterocycles. The van der Waals surface area contributed by atoms with Crippen molar-refractivity contribution >= 4 is 5.82 Å². The molecule has 1 aromatic carbocycles. The lowest BCUT2D eigenvalue weighted by Gasteiger charge is -2.38. The van der Waals surface area contributed by atoms with Gasteiger partial charge in [-0.15, -0.1) is 10.2 Å². The molecule has 2 aromatic heterocycles. The Morgan fingerprint density at radius 3 is 2.82 bits per heavy atom. The van der Waals surface area contributed by atoms with Crippen molar-refractivity contribution in [1.82, 2.24) is 25.3 Å². The maximum Gasteiger partial charge on any atom is 0.264 e. The van der Waals surface area contributed by atoms with Gasteiger partial charge in [0.25, 0.3) is 5.92 Å². The zero-order valence-electron chi connectivity index (χ0n) is 18.2. The van der Waals surface area contributed by atoms with Crippen molar-refractivity contribution in [3.05, 3.63) is 48.3 Å². The van der Waals surface area contributed by atoms with Gasteiger partial charge >= 0.3 is 0 Å². The molecule has 0 amide bonds. The number of phenolic OH excluding ortho intramolecular Hbond substituents is 1. The summed E-state index contributed by atoms with van der Waals surface area (Å²) in [5.74, 6) is -1.72. The van der Waals surface area contributed by atoms with Gasteiger partial charge in [-0.3, -0.25) is 0 Å². The molecule has 6 rings (SSSR count). The Hall–Kier alpha value is -3.07. The first kappa shape index (κ1) is 20.5. The zero-order chi connectivity index (χ0) is 22.6. The van der Waals surface area contributed by atoms with E-state index in [0.717, 1.165) is 42.9 Å². The second-order valence-corrected chi connectivity index (χ2v) is 9.39. The van der Waals surface area contributed by atoms with Gasteiger partial charge in [-0.1, -0.05) is 0 Å². The average Bonchev–Trinajstić information content (AvgIpc) is 3.33. The summed E-state index contributed by atoms with van der Waals surface area (Å²) in [5, 5.41) is 27.0.